The van der Waals surface area contributed by atoms with Gasteiger partial charge in [0.05, 0.1) is 18.9 Å². The lowest BCUT2D eigenvalue weighted by Crippen LogP contribution is -2.24. The number of fused-ring (bicyclic) bond motifs is 1. The number of benzene rings is 4. The van der Waals surface area contributed by atoms with Crippen LogP contribution in [0.2, 0.25) is 5.02 Å². The summed E-state index contributed by atoms with van der Waals surface area (Å²) in [6, 6.07) is 24.5. The summed E-state index contributed by atoms with van der Waals surface area (Å²) in [4.78, 5) is 24.9. The zero-order chi connectivity index (χ0) is 24.6. The van der Waals surface area contributed by atoms with Crippen LogP contribution in [-0.2, 0) is 4.79 Å². The van der Waals surface area contributed by atoms with Crippen molar-refractivity contribution in [2.24, 2.45) is 5.10 Å². The van der Waals surface area contributed by atoms with E-state index in [0.29, 0.717) is 33.4 Å². The third kappa shape index (κ3) is 5.96. The van der Waals surface area contributed by atoms with Crippen molar-refractivity contribution in [2.45, 2.75) is 0 Å². The number of nitrogens with zero attached hydrogens (tertiary/aromatic N) is 1. The van der Waals surface area contributed by atoms with E-state index in [9.17, 15) is 9.59 Å². The molecule has 8 heteroatoms. The van der Waals surface area contributed by atoms with Crippen LogP contribution in [-0.4, -0.2) is 31.8 Å². The van der Waals surface area contributed by atoms with Crippen LogP contribution in [0.25, 0.3) is 10.8 Å². The minimum absolute atomic E-state index is 0.258. The lowest BCUT2D eigenvalue weighted by molar-refractivity contribution is -0.123. The van der Waals surface area contributed by atoms with E-state index in [0.717, 1.165) is 10.8 Å². The van der Waals surface area contributed by atoms with E-state index >= 15 is 0 Å². The van der Waals surface area contributed by atoms with Crippen molar-refractivity contribution < 1.29 is 23.8 Å². The molecule has 0 spiro atoms. The molecule has 0 aliphatic rings. The van der Waals surface area contributed by atoms with Crippen molar-refractivity contribution in [3.63, 3.8) is 0 Å². The van der Waals surface area contributed by atoms with E-state index in [4.69, 9.17) is 25.8 Å². The number of para-hydroxylation sites is 2. The number of nitrogens with one attached hydrogen (secondary N) is 1. The second-order valence-corrected chi connectivity index (χ2v) is 7.76. The Kier molecular flexibility index (Phi) is 7.60. The van der Waals surface area contributed by atoms with Gasteiger partial charge in [0, 0.05) is 10.6 Å². The van der Waals surface area contributed by atoms with Crippen molar-refractivity contribution in [1.29, 1.82) is 0 Å². The largest absolute Gasteiger partial charge is 0.493 e. The maximum absolute atomic E-state index is 12.7. The molecule has 1 amide bonds. The Hall–Kier alpha value is -4.36. The fourth-order valence-corrected chi connectivity index (χ4v) is 3.45. The molecule has 0 aliphatic carbocycles. The summed E-state index contributed by atoms with van der Waals surface area (Å²) in [6.07, 6.45) is 1.44. The highest BCUT2D eigenvalue weighted by Gasteiger charge is 2.14. The Morgan fingerprint density at radius 3 is 2.37 bits per heavy atom. The topological polar surface area (TPSA) is 86.2 Å². The number of hydrogen-bond donors (Lipinski definition) is 1. The minimum atomic E-state index is -0.541. The summed E-state index contributed by atoms with van der Waals surface area (Å²) in [5, 5.41) is 6.30. The lowest BCUT2D eigenvalue weighted by Gasteiger charge is -2.11. The van der Waals surface area contributed by atoms with Gasteiger partial charge in [-0.15, -0.1) is 0 Å². The summed E-state index contributed by atoms with van der Waals surface area (Å²) in [5.74, 6) is 0.256. The first-order chi connectivity index (χ1) is 17.0. The molecule has 0 heterocycles. The van der Waals surface area contributed by atoms with E-state index in [1.165, 1.54) is 13.3 Å². The van der Waals surface area contributed by atoms with Gasteiger partial charge in [-0.3, -0.25) is 4.79 Å². The minimum Gasteiger partial charge on any atom is -0.493 e. The molecule has 0 saturated heterocycles. The Balaban J connectivity index is 1.50. The van der Waals surface area contributed by atoms with Crippen LogP contribution in [0.15, 0.2) is 90.0 Å². The molecule has 0 atom stereocenters. The number of carbonyl (C=O) groups excluding carboxylic acids is 2. The molecule has 0 aliphatic heterocycles. The second-order valence-electron chi connectivity index (χ2n) is 7.33. The molecule has 0 saturated carbocycles. The van der Waals surface area contributed by atoms with Crippen LogP contribution >= 0.6 is 11.6 Å². The molecule has 176 valence electrons. The highest BCUT2D eigenvalue weighted by molar-refractivity contribution is 6.30. The normalized spacial score (nSPS) is 10.8. The fourth-order valence-electron chi connectivity index (χ4n) is 3.32. The molecule has 4 aromatic rings. The zero-order valence-electron chi connectivity index (χ0n) is 18.7. The summed E-state index contributed by atoms with van der Waals surface area (Å²) < 4.78 is 16.4. The van der Waals surface area contributed by atoms with Crippen molar-refractivity contribution in [1.82, 2.24) is 5.43 Å². The van der Waals surface area contributed by atoms with Crippen molar-refractivity contribution >= 4 is 40.5 Å². The van der Waals surface area contributed by atoms with Gasteiger partial charge in [0.2, 0.25) is 0 Å². The van der Waals surface area contributed by atoms with E-state index in [1.807, 2.05) is 30.3 Å². The smallest absolute Gasteiger partial charge is 0.343 e. The average Bonchev–Trinajstić information content (AvgIpc) is 2.89. The fraction of sp³-hybridized carbons (Fsp3) is 0.0741. The Morgan fingerprint density at radius 2 is 1.60 bits per heavy atom. The van der Waals surface area contributed by atoms with Gasteiger partial charge in [0.15, 0.2) is 18.1 Å². The highest BCUT2D eigenvalue weighted by atomic mass is 35.5. The molecule has 0 bridgehead atoms. The number of methoxy groups -OCH3 is 1. The van der Waals surface area contributed by atoms with E-state index in [2.05, 4.69) is 10.5 Å². The molecule has 4 rings (SSSR count). The monoisotopic (exact) mass is 488 g/mol. The van der Waals surface area contributed by atoms with Gasteiger partial charge in [-0.05, 0) is 53.2 Å². The lowest BCUT2D eigenvalue weighted by atomic mass is 10.0. The third-order valence-corrected chi connectivity index (χ3v) is 5.28. The molecule has 0 radical (unpaired) electrons. The van der Waals surface area contributed by atoms with Gasteiger partial charge < -0.3 is 14.2 Å². The molecular formula is C27H21ClN2O5. The molecule has 4 aromatic carbocycles. The standard InChI is InChI=1S/C27H21ClN2O5/c1-33-24-8-4-5-9-25(24)34-17-26(31)30-29-16-22-21-7-3-2-6-18(21)12-15-23(22)35-27(32)19-10-13-20(28)14-11-19/h2-16H,17H2,1H3,(H,30,31)/b29-16-. The van der Waals surface area contributed by atoms with Gasteiger partial charge in [-0.25, -0.2) is 10.2 Å². The number of hydrogen-bond acceptors (Lipinski definition) is 6. The van der Waals surface area contributed by atoms with Gasteiger partial charge in [0.1, 0.15) is 5.75 Å². The van der Waals surface area contributed by atoms with Gasteiger partial charge in [0.25, 0.3) is 5.91 Å². The van der Waals surface area contributed by atoms with Gasteiger partial charge in [-0.1, -0.05) is 54.1 Å². The Labute approximate surface area is 206 Å². The van der Waals surface area contributed by atoms with Gasteiger partial charge in [-0.2, -0.15) is 5.10 Å². The molecule has 0 aromatic heterocycles. The Morgan fingerprint density at radius 1 is 0.886 bits per heavy atom. The van der Waals surface area contributed by atoms with Crippen LogP contribution in [0, 0.1) is 0 Å². The van der Waals surface area contributed by atoms with Crippen LogP contribution in [0.1, 0.15) is 15.9 Å². The first kappa shape index (κ1) is 23.8. The predicted octanol–water partition coefficient (Wildman–Crippen LogP) is 5.25. The number of halogens is 1. The third-order valence-electron chi connectivity index (χ3n) is 5.02. The van der Waals surface area contributed by atoms with Crippen molar-refractivity contribution in [3.05, 3.63) is 101 Å². The number of esters is 1. The first-order valence-electron chi connectivity index (χ1n) is 10.6. The van der Waals surface area contributed by atoms with Crippen molar-refractivity contribution in [2.75, 3.05) is 13.7 Å². The molecule has 0 fully saturated rings. The zero-order valence-corrected chi connectivity index (χ0v) is 19.5. The molecule has 35 heavy (non-hydrogen) atoms. The maximum Gasteiger partial charge on any atom is 0.343 e. The summed E-state index contributed by atoms with van der Waals surface area (Å²) in [6.45, 7) is -0.258. The number of hydrazone groups is 1. The summed E-state index contributed by atoms with van der Waals surface area (Å²) in [5.41, 5.74) is 3.32. The number of rotatable bonds is 8. The van der Waals surface area contributed by atoms with Crippen LogP contribution < -0.4 is 19.6 Å². The number of amides is 1. The first-order valence-corrected chi connectivity index (χ1v) is 11.0. The van der Waals surface area contributed by atoms with Gasteiger partial charge >= 0.3 is 5.97 Å². The highest BCUT2D eigenvalue weighted by Crippen LogP contribution is 2.28. The predicted molar refractivity (Wildman–Crippen MR) is 135 cm³/mol. The van der Waals surface area contributed by atoms with E-state index in [-0.39, 0.29) is 6.61 Å². The van der Waals surface area contributed by atoms with E-state index < -0.39 is 11.9 Å². The number of ether oxygens (including phenoxy) is 3. The van der Waals surface area contributed by atoms with E-state index in [1.54, 1.807) is 54.6 Å². The van der Waals surface area contributed by atoms with Crippen LogP contribution in [0.4, 0.5) is 0 Å². The van der Waals surface area contributed by atoms with Crippen molar-refractivity contribution in [3.8, 4) is 17.2 Å². The SMILES string of the molecule is COc1ccccc1OCC(=O)N/N=C\c1c(OC(=O)c2ccc(Cl)cc2)ccc2ccccc12. The van der Waals surface area contributed by atoms with Crippen LogP contribution in [0.5, 0.6) is 17.2 Å². The molecular weight excluding hydrogens is 468 g/mol. The molecule has 7 nitrogen and oxygen atoms in total. The molecule has 0 unspecified atom stereocenters. The van der Waals surface area contributed by atoms with Crippen LogP contribution in [0.3, 0.4) is 0 Å². The second kappa shape index (κ2) is 11.2. The molecule has 1 N–H and O–H groups in total. The average molecular weight is 489 g/mol. The quantitative estimate of drug-likeness (QED) is 0.158. The summed E-state index contributed by atoms with van der Waals surface area (Å²) in [7, 11) is 1.52. The summed E-state index contributed by atoms with van der Waals surface area (Å²) >= 11 is 5.90. The maximum atomic E-state index is 12.7. The number of carbonyl (C=O) groups is 2. The Bertz CT molecular complexity index is 1390.